The van der Waals surface area contributed by atoms with Crippen LogP contribution in [0.2, 0.25) is 10.3 Å². The third-order valence-electron chi connectivity index (χ3n) is 5.68. The van der Waals surface area contributed by atoms with E-state index in [0.29, 0.717) is 48.3 Å². The predicted octanol–water partition coefficient (Wildman–Crippen LogP) is 4.69. The van der Waals surface area contributed by atoms with Crippen LogP contribution in [-0.2, 0) is 0 Å². The SMILES string of the molecule is O=C(c1cc(Cl)nc2ccccc12)N1CCN(C(=O)c2cc(Cl)nc3ccccc23)CC1. The number of nitrogens with zero attached hydrogens (tertiary/aromatic N) is 4. The van der Waals surface area contributed by atoms with E-state index in [-0.39, 0.29) is 22.1 Å². The standard InChI is InChI=1S/C24H18Cl2N4O2/c25-21-13-17(15-5-1-3-7-19(15)27-21)23(31)29-9-11-30(12-10-29)24(32)18-14-22(26)28-20-8-4-2-6-16(18)20/h1-8,13-14H,9-12H2. The van der Waals surface area contributed by atoms with E-state index < -0.39 is 0 Å². The molecule has 3 heterocycles. The molecule has 0 saturated carbocycles. The zero-order valence-corrected chi connectivity index (χ0v) is 18.5. The summed E-state index contributed by atoms with van der Waals surface area (Å²) in [6.07, 6.45) is 0. The van der Waals surface area contributed by atoms with Gasteiger partial charge in [0.05, 0.1) is 22.2 Å². The first-order valence-electron chi connectivity index (χ1n) is 10.2. The average molecular weight is 465 g/mol. The van der Waals surface area contributed by atoms with Crippen molar-refractivity contribution in [3.8, 4) is 0 Å². The minimum absolute atomic E-state index is 0.116. The van der Waals surface area contributed by atoms with E-state index in [1.165, 1.54) is 0 Å². The molecule has 1 fully saturated rings. The second-order valence-electron chi connectivity index (χ2n) is 7.60. The number of para-hydroxylation sites is 2. The summed E-state index contributed by atoms with van der Waals surface area (Å²) in [5, 5.41) is 2.08. The molecule has 0 bridgehead atoms. The number of pyridine rings is 2. The Bertz CT molecular complexity index is 1260. The minimum Gasteiger partial charge on any atom is -0.335 e. The highest BCUT2D eigenvalue weighted by Gasteiger charge is 2.27. The van der Waals surface area contributed by atoms with Crippen molar-refractivity contribution in [1.82, 2.24) is 19.8 Å². The third kappa shape index (κ3) is 3.76. The van der Waals surface area contributed by atoms with Crippen LogP contribution in [-0.4, -0.2) is 57.8 Å². The topological polar surface area (TPSA) is 66.4 Å². The Balaban J connectivity index is 1.36. The van der Waals surface area contributed by atoms with Gasteiger partial charge in [-0.3, -0.25) is 9.59 Å². The van der Waals surface area contributed by atoms with E-state index >= 15 is 0 Å². The Morgan fingerprint density at radius 3 is 1.44 bits per heavy atom. The van der Waals surface area contributed by atoms with Crippen molar-refractivity contribution in [3.05, 3.63) is 82.1 Å². The first-order chi connectivity index (χ1) is 15.5. The van der Waals surface area contributed by atoms with Gasteiger partial charge in [0, 0.05) is 37.0 Å². The van der Waals surface area contributed by atoms with E-state index in [4.69, 9.17) is 23.2 Å². The zero-order valence-electron chi connectivity index (χ0n) is 17.0. The molecule has 8 heteroatoms. The summed E-state index contributed by atoms with van der Waals surface area (Å²) in [6.45, 7) is 1.70. The molecule has 1 aliphatic rings. The number of aromatic nitrogens is 2. The van der Waals surface area contributed by atoms with Crippen molar-refractivity contribution < 1.29 is 9.59 Å². The van der Waals surface area contributed by atoms with Crippen LogP contribution in [0.1, 0.15) is 20.7 Å². The molecule has 0 spiro atoms. The average Bonchev–Trinajstić information content (AvgIpc) is 2.82. The Labute approximate surface area is 194 Å². The van der Waals surface area contributed by atoms with E-state index in [1.54, 1.807) is 21.9 Å². The first kappa shape index (κ1) is 20.7. The number of carbonyl (C=O) groups excluding carboxylic acids is 2. The quantitative estimate of drug-likeness (QED) is 0.403. The highest BCUT2D eigenvalue weighted by atomic mass is 35.5. The molecular formula is C24H18Cl2N4O2. The van der Waals surface area contributed by atoms with Crippen LogP contribution in [0.15, 0.2) is 60.7 Å². The van der Waals surface area contributed by atoms with Gasteiger partial charge in [-0.25, -0.2) is 9.97 Å². The lowest BCUT2D eigenvalue weighted by atomic mass is 10.1. The number of fused-ring (bicyclic) bond motifs is 2. The maximum atomic E-state index is 13.2. The number of piperazine rings is 1. The number of hydrogen-bond donors (Lipinski definition) is 0. The second-order valence-corrected chi connectivity index (χ2v) is 8.38. The number of amides is 2. The molecule has 0 unspecified atom stereocenters. The molecule has 1 saturated heterocycles. The molecule has 0 N–H and O–H groups in total. The van der Waals surface area contributed by atoms with E-state index in [1.807, 2.05) is 48.5 Å². The predicted molar refractivity (Wildman–Crippen MR) is 125 cm³/mol. The molecule has 6 nitrogen and oxygen atoms in total. The molecule has 1 aliphatic heterocycles. The number of rotatable bonds is 2. The smallest absolute Gasteiger partial charge is 0.254 e. The van der Waals surface area contributed by atoms with Gasteiger partial charge in [0.1, 0.15) is 10.3 Å². The number of carbonyl (C=O) groups is 2. The maximum absolute atomic E-state index is 13.2. The fourth-order valence-corrected chi connectivity index (χ4v) is 4.49. The second kappa shape index (κ2) is 8.37. The monoisotopic (exact) mass is 464 g/mol. The fourth-order valence-electron chi connectivity index (χ4n) is 4.09. The van der Waals surface area contributed by atoms with Crippen LogP contribution in [0, 0.1) is 0 Å². The van der Waals surface area contributed by atoms with Crippen LogP contribution in [0.3, 0.4) is 0 Å². The molecular weight excluding hydrogens is 447 g/mol. The van der Waals surface area contributed by atoms with Gasteiger partial charge in [-0.15, -0.1) is 0 Å². The Kier molecular flexibility index (Phi) is 5.41. The molecule has 32 heavy (non-hydrogen) atoms. The van der Waals surface area contributed by atoms with Crippen molar-refractivity contribution in [2.45, 2.75) is 0 Å². The molecule has 2 aromatic carbocycles. The summed E-state index contributed by atoms with van der Waals surface area (Å²) in [5.41, 5.74) is 2.40. The number of benzene rings is 2. The van der Waals surface area contributed by atoms with Crippen LogP contribution >= 0.6 is 23.2 Å². The lowest BCUT2D eigenvalue weighted by Crippen LogP contribution is -2.50. The van der Waals surface area contributed by atoms with Crippen LogP contribution in [0.25, 0.3) is 21.8 Å². The molecule has 0 atom stereocenters. The van der Waals surface area contributed by atoms with Gasteiger partial charge in [0.15, 0.2) is 0 Å². The van der Waals surface area contributed by atoms with Gasteiger partial charge in [-0.2, -0.15) is 0 Å². The van der Waals surface area contributed by atoms with Gasteiger partial charge in [-0.1, -0.05) is 59.6 Å². The molecule has 0 aliphatic carbocycles. The summed E-state index contributed by atoms with van der Waals surface area (Å²) in [7, 11) is 0. The summed E-state index contributed by atoms with van der Waals surface area (Å²) in [6, 6.07) is 18.1. The normalized spacial score (nSPS) is 14.2. The zero-order chi connectivity index (χ0) is 22.2. The fraction of sp³-hybridized carbons (Fsp3) is 0.167. The largest absolute Gasteiger partial charge is 0.335 e. The van der Waals surface area contributed by atoms with Crippen molar-refractivity contribution in [3.63, 3.8) is 0 Å². The third-order valence-corrected chi connectivity index (χ3v) is 6.07. The highest BCUT2D eigenvalue weighted by Crippen LogP contribution is 2.25. The molecule has 2 aromatic heterocycles. The van der Waals surface area contributed by atoms with Crippen LogP contribution in [0.4, 0.5) is 0 Å². The highest BCUT2D eigenvalue weighted by molar-refractivity contribution is 6.31. The molecule has 0 radical (unpaired) electrons. The molecule has 5 rings (SSSR count). The van der Waals surface area contributed by atoms with Crippen molar-refractivity contribution in [2.24, 2.45) is 0 Å². The summed E-state index contributed by atoms with van der Waals surface area (Å²) >= 11 is 12.3. The maximum Gasteiger partial charge on any atom is 0.254 e. The van der Waals surface area contributed by atoms with Crippen molar-refractivity contribution in [2.75, 3.05) is 26.2 Å². The Morgan fingerprint density at radius 2 is 1.03 bits per heavy atom. The molecule has 4 aromatic rings. The summed E-state index contributed by atoms with van der Waals surface area (Å²) in [4.78, 5) is 38.6. The number of halogens is 2. The van der Waals surface area contributed by atoms with Gasteiger partial charge in [0.2, 0.25) is 0 Å². The lowest BCUT2D eigenvalue weighted by molar-refractivity contribution is 0.0537. The first-order valence-corrected chi connectivity index (χ1v) is 11.0. The lowest BCUT2D eigenvalue weighted by Gasteiger charge is -2.35. The summed E-state index contributed by atoms with van der Waals surface area (Å²) in [5.74, 6) is -0.231. The van der Waals surface area contributed by atoms with Crippen molar-refractivity contribution >= 4 is 56.8 Å². The molecule has 160 valence electrons. The van der Waals surface area contributed by atoms with Gasteiger partial charge in [0.25, 0.3) is 11.8 Å². The Morgan fingerprint density at radius 1 is 0.656 bits per heavy atom. The van der Waals surface area contributed by atoms with Crippen LogP contribution in [0.5, 0.6) is 0 Å². The van der Waals surface area contributed by atoms with E-state index in [0.717, 1.165) is 10.8 Å². The molecule has 2 amide bonds. The Hall–Kier alpha value is -3.22. The van der Waals surface area contributed by atoms with Gasteiger partial charge < -0.3 is 9.80 Å². The van der Waals surface area contributed by atoms with Crippen LogP contribution < -0.4 is 0 Å². The van der Waals surface area contributed by atoms with E-state index in [2.05, 4.69) is 9.97 Å². The van der Waals surface area contributed by atoms with Gasteiger partial charge in [-0.05, 0) is 24.3 Å². The summed E-state index contributed by atoms with van der Waals surface area (Å²) < 4.78 is 0. The van der Waals surface area contributed by atoms with E-state index in [9.17, 15) is 9.59 Å². The van der Waals surface area contributed by atoms with Crippen molar-refractivity contribution in [1.29, 1.82) is 0 Å². The number of hydrogen-bond acceptors (Lipinski definition) is 4. The van der Waals surface area contributed by atoms with Gasteiger partial charge >= 0.3 is 0 Å². The minimum atomic E-state index is -0.116.